The lowest BCUT2D eigenvalue weighted by Crippen LogP contribution is -2.33. The number of anilines is 1. The van der Waals surface area contributed by atoms with Crippen LogP contribution in [0, 0.1) is 12.3 Å². The van der Waals surface area contributed by atoms with Gasteiger partial charge in [0, 0.05) is 12.2 Å². The van der Waals surface area contributed by atoms with Crippen LogP contribution in [0.25, 0.3) is 0 Å². The van der Waals surface area contributed by atoms with E-state index in [0.717, 1.165) is 6.54 Å². The van der Waals surface area contributed by atoms with Crippen LogP contribution in [0.5, 0.6) is 0 Å². The Morgan fingerprint density at radius 1 is 1.40 bits per heavy atom. The molecule has 4 rings (SSSR count). The molecule has 74 valence electrons. The summed E-state index contributed by atoms with van der Waals surface area (Å²) in [5, 5.41) is 0. The highest BCUT2D eigenvalue weighted by molar-refractivity contribution is 5.66. The molecule has 0 unspecified atom stereocenters. The lowest BCUT2D eigenvalue weighted by atomic mass is 9.94. The van der Waals surface area contributed by atoms with Crippen molar-refractivity contribution in [2.24, 2.45) is 0 Å². The van der Waals surface area contributed by atoms with Crippen LogP contribution < -0.4 is 4.90 Å². The number of morpholine rings is 1. The zero-order chi connectivity index (χ0) is 9.99. The van der Waals surface area contributed by atoms with Gasteiger partial charge in [-0.05, 0) is 11.6 Å². The summed E-state index contributed by atoms with van der Waals surface area (Å²) in [5.41, 5.74) is 2.63. The van der Waals surface area contributed by atoms with Crippen molar-refractivity contribution in [3.63, 3.8) is 0 Å². The number of hydrogen-bond donors (Lipinski definition) is 0. The molecule has 2 nitrogen and oxygen atoms in total. The standard InChI is InChI=1S/C13H11NO/c1-2-8-9-5-3-4-6-10(9)14-7-11-13(15-11)12(8)14/h1,3-6,8,11-13H,7H2/t8-,11-,12-,13-/m1/s1. The highest BCUT2D eigenvalue weighted by Crippen LogP contribution is 2.51. The topological polar surface area (TPSA) is 15.8 Å². The summed E-state index contributed by atoms with van der Waals surface area (Å²) in [4.78, 5) is 2.43. The lowest BCUT2D eigenvalue weighted by Gasteiger charge is -2.22. The van der Waals surface area contributed by atoms with Gasteiger partial charge in [0.15, 0.2) is 0 Å². The summed E-state index contributed by atoms with van der Waals surface area (Å²) in [6.07, 6.45) is 6.48. The minimum Gasteiger partial charge on any atom is -0.365 e. The van der Waals surface area contributed by atoms with Crippen molar-refractivity contribution in [3.8, 4) is 12.3 Å². The van der Waals surface area contributed by atoms with Crippen LogP contribution in [0.15, 0.2) is 24.3 Å². The molecule has 0 amide bonds. The zero-order valence-electron chi connectivity index (χ0n) is 8.26. The highest BCUT2D eigenvalue weighted by atomic mass is 16.6. The Labute approximate surface area is 88.8 Å². The molecule has 3 heterocycles. The number of epoxide rings is 1. The lowest BCUT2D eigenvalue weighted by molar-refractivity contribution is 0.312. The number of benzene rings is 1. The van der Waals surface area contributed by atoms with E-state index in [4.69, 9.17) is 11.2 Å². The van der Waals surface area contributed by atoms with E-state index in [1.807, 2.05) is 0 Å². The third-order valence-electron chi connectivity index (χ3n) is 3.80. The first kappa shape index (κ1) is 7.78. The van der Waals surface area contributed by atoms with Gasteiger partial charge in [-0.2, -0.15) is 0 Å². The molecule has 15 heavy (non-hydrogen) atoms. The summed E-state index contributed by atoms with van der Waals surface area (Å²) in [5.74, 6) is 3.15. The molecule has 0 N–H and O–H groups in total. The van der Waals surface area contributed by atoms with Gasteiger partial charge >= 0.3 is 0 Å². The van der Waals surface area contributed by atoms with E-state index in [-0.39, 0.29) is 5.92 Å². The number of rotatable bonds is 0. The summed E-state index contributed by atoms with van der Waals surface area (Å²) >= 11 is 0. The number of fused-ring (bicyclic) bond motifs is 5. The maximum atomic E-state index is 5.65. The highest BCUT2D eigenvalue weighted by Gasteiger charge is 2.60. The number of para-hydroxylation sites is 1. The first-order valence-corrected chi connectivity index (χ1v) is 5.37. The Hall–Kier alpha value is -1.46. The van der Waals surface area contributed by atoms with Crippen LogP contribution in [0.4, 0.5) is 5.69 Å². The maximum absolute atomic E-state index is 5.65. The predicted molar refractivity (Wildman–Crippen MR) is 57.8 cm³/mol. The van der Waals surface area contributed by atoms with Crippen LogP contribution >= 0.6 is 0 Å². The van der Waals surface area contributed by atoms with Crippen LogP contribution in [-0.4, -0.2) is 24.8 Å². The fourth-order valence-corrected chi connectivity index (χ4v) is 3.11. The molecule has 2 fully saturated rings. The Morgan fingerprint density at radius 3 is 3.13 bits per heavy atom. The molecular formula is C13H11NO. The molecule has 4 atom stereocenters. The van der Waals surface area contributed by atoms with Gasteiger partial charge in [-0.1, -0.05) is 24.1 Å². The number of hydrogen-bond acceptors (Lipinski definition) is 2. The zero-order valence-corrected chi connectivity index (χ0v) is 8.26. The molecule has 0 spiro atoms. The quantitative estimate of drug-likeness (QED) is 0.461. The van der Waals surface area contributed by atoms with E-state index in [9.17, 15) is 0 Å². The number of nitrogens with zero attached hydrogens (tertiary/aromatic N) is 1. The largest absolute Gasteiger partial charge is 0.365 e. The molecule has 2 saturated heterocycles. The number of terminal acetylenes is 1. The molecule has 3 aliphatic rings. The predicted octanol–water partition coefficient (Wildman–Crippen LogP) is 1.37. The minimum absolute atomic E-state index is 0.221. The second-order valence-corrected chi connectivity index (χ2v) is 4.49. The summed E-state index contributed by atoms with van der Waals surface area (Å²) in [6, 6.07) is 8.87. The minimum atomic E-state index is 0.221. The van der Waals surface area contributed by atoms with Gasteiger partial charge in [0.1, 0.15) is 12.2 Å². The van der Waals surface area contributed by atoms with Crippen LogP contribution in [-0.2, 0) is 4.74 Å². The normalized spacial score (nSPS) is 39.3. The van der Waals surface area contributed by atoms with Gasteiger partial charge in [0.2, 0.25) is 0 Å². The van der Waals surface area contributed by atoms with Crippen molar-refractivity contribution in [2.45, 2.75) is 24.2 Å². The van der Waals surface area contributed by atoms with E-state index in [2.05, 4.69) is 35.1 Å². The monoisotopic (exact) mass is 197 g/mol. The van der Waals surface area contributed by atoms with Crippen molar-refractivity contribution in [1.29, 1.82) is 0 Å². The fraction of sp³-hybridized carbons (Fsp3) is 0.385. The first-order chi connectivity index (χ1) is 7.40. The van der Waals surface area contributed by atoms with E-state index >= 15 is 0 Å². The molecule has 3 aliphatic heterocycles. The van der Waals surface area contributed by atoms with Crippen molar-refractivity contribution in [2.75, 3.05) is 11.4 Å². The van der Waals surface area contributed by atoms with Gasteiger partial charge in [0.25, 0.3) is 0 Å². The summed E-state index contributed by atoms with van der Waals surface area (Å²) in [6.45, 7) is 1.02. The molecule has 0 bridgehead atoms. The third-order valence-corrected chi connectivity index (χ3v) is 3.80. The molecule has 2 heteroatoms. The molecule has 0 aliphatic carbocycles. The Kier molecular flexibility index (Phi) is 1.23. The molecule has 0 radical (unpaired) electrons. The average molecular weight is 197 g/mol. The van der Waals surface area contributed by atoms with Gasteiger partial charge in [-0.3, -0.25) is 0 Å². The molecular weight excluding hydrogens is 186 g/mol. The van der Waals surface area contributed by atoms with Crippen molar-refractivity contribution in [3.05, 3.63) is 29.8 Å². The van der Waals surface area contributed by atoms with Crippen molar-refractivity contribution >= 4 is 5.69 Å². The average Bonchev–Trinajstić information content (AvgIpc) is 2.82. The summed E-state index contributed by atoms with van der Waals surface area (Å²) in [7, 11) is 0. The summed E-state index contributed by atoms with van der Waals surface area (Å²) < 4.78 is 5.59. The Bertz CT molecular complexity index is 476. The molecule has 1 aromatic rings. The molecule has 0 saturated carbocycles. The van der Waals surface area contributed by atoms with E-state index in [1.165, 1.54) is 11.3 Å². The first-order valence-electron chi connectivity index (χ1n) is 5.37. The van der Waals surface area contributed by atoms with Gasteiger partial charge in [0.05, 0.1) is 12.0 Å². The fourth-order valence-electron chi connectivity index (χ4n) is 3.11. The van der Waals surface area contributed by atoms with E-state index in [1.54, 1.807) is 0 Å². The third kappa shape index (κ3) is 0.807. The molecule has 1 aromatic carbocycles. The second kappa shape index (κ2) is 2.37. The maximum Gasteiger partial charge on any atom is 0.108 e. The Morgan fingerprint density at radius 2 is 2.27 bits per heavy atom. The van der Waals surface area contributed by atoms with Crippen molar-refractivity contribution < 1.29 is 4.74 Å². The van der Waals surface area contributed by atoms with Gasteiger partial charge in [-0.15, -0.1) is 6.42 Å². The van der Waals surface area contributed by atoms with Crippen LogP contribution in [0.1, 0.15) is 11.5 Å². The van der Waals surface area contributed by atoms with Crippen LogP contribution in [0.3, 0.4) is 0 Å². The number of ether oxygens (including phenoxy) is 1. The van der Waals surface area contributed by atoms with E-state index in [0.29, 0.717) is 18.2 Å². The smallest absolute Gasteiger partial charge is 0.108 e. The molecule has 0 aromatic heterocycles. The Balaban J connectivity index is 1.90. The van der Waals surface area contributed by atoms with Crippen LogP contribution in [0.2, 0.25) is 0 Å². The second-order valence-electron chi connectivity index (χ2n) is 4.49. The van der Waals surface area contributed by atoms with Gasteiger partial charge < -0.3 is 9.64 Å². The van der Waals surface area contributed by atoms with Crippen molar-refractivity contribution in [1.82, 2.24) is 0 Å². The van der Waals surface area contributed by atoms with E-state index < -0.39 is 0 Å². The SMILES string of the molecule is C#C[C@@H]1c2ccccc2N2C[C@H]3O[C@H]3[C@@H]12. The van der Waals surface area contributed by atoms with Gasteiger partial charge in [-0.25, -0.2) is 0 Å².